The highest BCUT2D eigenvalue weighted by Crippen LogP contribution is 2.41. The molecule has 0 aliphatic carbocycles. The molecule has 0 N–H and O–H groups in total. The molecule has 2 heterocycles. The van der Waals surface area contributed by atoms with Crippen LogP contribution in [-0.2, 0) is 4.74 Å². The molecule has 1 aliphatic rings. The molecule has 1 aromatic heterocycles. The number of benzene rings is 2. The summed E-state index contributed by atoms with van der Waals surface area (Å²) in [5, 5.41) is 5.34. The molecule has 0 spiro atoms. The molecule has 1 saturated heterocycles. The van der Waals surface area contributed by atoms with Crippen LogP contribution in [0.1, 0.15) is 64.4 Å². The van der Waals surface area contributed by atoms with Crippen molar-refractivity contribution in [3.05, 3.63) is 46.8 Å². The number of thiazole rings is 1. The lowest BCUT2D eigenvalue weighted by molar-refractivity contribution is 0.0224. The van der Waals surface area contributed by atoms with E-state index in [1.165, 1.54) is 0 Å². The first-order valence-corrected chi connectivity index (χ1v) is 12.4. The van der Waals surface area contributed by atoms with Gasteiger partial charge in [0.1, 0.15) is 16.4 Å². The van der Waals surface area contributed by atoms with Gasteiger partial charge in [-0.25, -0.2) is 9.78 Å². The molecule has 1 atom stereocenters. The standard InChI is InChI=1S/C26H32N2O3S/c1-5-6-16-30-22-14-13-18-10-7-8-11-19(18)23(22)20-17-32-24(27-20)21-12-9-15-28(21)25(29)31-26(2,3)4/h7-8,10-11,13-14,17,21H,5-6,9,12,15-16H2,1-4H3/t21-/m0/s1. The van der Waals surface area contributed by atoms with E-state index in [-0.39, 0.29) is 12.1 Å². The predicted molar refractivity (Wildman–Crippen MR) is 130 cm³/mol. The Balaban J connectivity index is 1.67. The minimum Gasteiger partial charge on any atom is -0.493 e. The van der Waals surface area contributed by atoms with Crippen LogP contribution in [0.2, 0.25) is 0 Å². The van der Waals surface area contributed by atoms with Crippen molar-refractivity contribution in [1.82, 2.24) is 9.88 Å². The predicted octanol–water partition coefficient (Wildman–Crippen LogP) is 7.21. The lowest BCUT2D eigenvalue weighted by atomic mass is 10.0. The van der Waals surface area contributed by atoms with Gasteiger partial charge in [0.2, 0.25) is 0 Å². The molecular weight excluding hydrogens is 420 g/mol. The molecule has 2 aromatic carbocycles. The van der Waals surface area contributed by atoms with Crippen molar-refractivity contribution in [2.24, 2.45) is 0 Å². The molecule has 0 bridgehead atoms. The fraction of sp³-hybridized carbons (Fsp3) is 0.462. The number of nitrogens with zero attached hydrogens (tertiary/aromatic N) is 2. The Bertz CT molecular complexity index is 1090. The number of fused-ring (bicyclic) bond motifs is 1. The number of hydrogen-bond donors (Lipinski definition) is 0. The van der Waals surface area contributed by atoms with Crippen LogP contribution in [0.3, 0.4) is 0 Å². The molecule has 170 valence electrons. The van der Waals surface area contributed by atoms with Crippen LogP contribution in [0.5, 0.6) is 5.75 Å². The number of amides is 1. The van der Waals surface area contributed by atoms with Crippen molar-refractivity contribution in [2.75, 3.05) is 13.2 Å². The third-order valence-electron chi connectivity index (χ3n) is 5.59. The van der Waals surface area contributed by atoms with Gasteiger partial charge in [0, 0.05) is 11.9 Å². The first kappa shape index (κ1) is 22.6. The molecular formula is C26H32N2O3S. The Hall–Kier alpha value is -2.60. The smallest absolute Gasteiger partial charge is 0.410 e. The van der Waals surface area contributed by atoms with E-state index in [4.69, 9.17) is 14.5 Å². The Morgan fingerprint density at radius 1 is 1.22 bits per heavy atom. The maximum atomic E-state index is 12.8. The van der Waals surface area contributed by atoms with E-state index in [2.05, 4.69) is 42.6 Å². The SMILES string of the molecule is CCCCOc1ccc2ccccc2c1-c1csc([C@@H]2CCCN2C(=O)OC(C)(C)C)n1. The first-order valence-electron chi connectivity index (χ1n) is 11.5. The zero-order valence-corrected chi connectivity index (χ0v) is 20.2. The summed E-state index contributed by atoms with van der Waals surface area (Å²) in [6.07, 6.45) is 3.71. The molecule has 32 heavy (non-hydrogen) atoms. The second kappa shape index (κ2) is 9.49. The van der Waals surface area contributed by atoms with Crippen molar-refractivity contribution < 1.29 is 14.3 Å². The largest absolute Gasteiger partial charge is 0.493 e. The highest BCUT2D eigenvalue weighted by molar-refractivity contribution is 7.10. The molecule has 5 nitrogen and oxygen atoms in total. The molecule has 1 amide bonds. The van der Waals surface area contributed by atoms with Crippen molar-refractivity contribution in [1.29, 1.82) is 0 Å². The Labute approximate surface area is 194 Å². The lowest BCUT2D eigenvalue weighted by Gasteiger charge is -2.27. The number of carbonyl (C=O) groups is 1. The summed E-state index contributed by atoms with van der Waals surface area (Å²) in [6, 6.07) is 12.5. The number of hydrogen-bond acceptors (Lipinski definition) is 5. The van der Waals surface area contributed by atoms with Gasteiger partial charge in [-0.15, -0.1) is 11.3 Å². The molecule has 0 saturated carbocycles. The summed E-state index contributed by atoms with van der Waals surface area (Å²) < 4.78 is 11.8. The van der Waals surface area contributed by atoms with Gasteiger partial charge in [-0.3, -0.25) is 4.90 Å². The van der Waals surface area contributed by atoms with Crippen LogP contribution in [0.25, 0.3) is 22.0 Å². The first-order chi connectivity index (χ1) is 15.4. The number of carbonyl (C=O) groups excluding carboxylic acids is 1. The fourth-order valence-corrected chi connectivity index (χ4v) is 5.04. The number of unbranched alkanes of at least 4 members (excludes halogenated alkanes) is 1. The van der Waals surface area contributed by atoms with Crippen LogP contribution in [0.4, 0.5) is 4.79 Å². The third-order valence-corrected chi connectivity index (χ3v) is 6.54. The van der Waals surface area contributed by atoms with Gasteiger partial charge in [-0.2, -0.15) is 0 Å². The van der Waals surface area contributed by atoms with Gasteiger partial charge in [0.05, 0.1) is 23.9 Å². The lowest BCUT2D eigenvalue weighted by Crippen LogP contribution is -2.36. The Morgan fingerprint density at radius 2 is 2.03 bits per heavy atom. The van der Waals surface area contributed by atoms with Crippen molar-refractivity contribution >= 4 is 28.2 Å². The average Bonchev–Trinajstić information content (AvgIpc) is 3.42. The van der Waals surface area contributed by atoms with Crippen LogP contribution in [0.15, 0.2) is 41.8 Å². The van der Waals surface area contributed by atoms with Gasteiger partial charge in [0.15, 0.2) is 0 Å². The zero-order chi connectivity index (χ0) is 22.7. The monoisotopic (exact) mass is 452 g/mol. The number of aromatic nitrogens is 1. The van der Waals surface area contributed by atoms with E-state index in [9.17, 15) is 4.79 Å². The maximum absolute atomic E-state index is 12.8. The zero-order valence-electron chi connectivity index (χ0n) is 19.4. The van der Waals surface area contributed by atoms with Gasteiger partial charge in [0.25, 0.3) is 0 Å². The summed E-state index contributed by atoms with van der Waals surface area (Å²) >= 11 is 1.61. The van der Waals surface area contributed by atoms with Crippen molar-refractivity contribution in [2.45, 2.75) is 65.0 Å². The van der Waals surface area contributed by atoms with Gasteiger partial charge < -0.3 is 9.47 Å². The summed E-state index contributed by atoms with van der Waals surface area (Å²) in [7, 11) is 0. The Kier molecular flexibility index (Phi) is 6.70. The van der Waals surface area contributed by atoms with Gasteiger partial charge in [-0.1, -0.05) is 43.7 Å². The van der Waals surface area contributed by atoms with Crippen molar-refractivity contribution in [3.8, 4) is 17.0 Å². The fourth-order valence-electron chi connectivity index (χ4n) is 4.08. The van der Waals surface area contributed by atoms with Crippen LogP contribution >= 0.6 is 11.3 Å². The molecule has 4 rings (SSSR count). The minimum absolute atomic E-state index is 0.0389. The van der Waals surface area contributed by atoms with E-state index in [0.717, 1.165) is 58.5 Å². The van der Waals surface area contributed by atoms with E-state index < -0.39 is 5.60 Å². The molecule has 1 fully saturated rings. The van der Waals surface area contributed by atoms with E-state index in [1.54, 1.807) is 11.3 Å². The molecule has 3 aromatic rings. The molecule has 6 heteroatoms. The summed E-state index contributed by atoms with van der Waals surface area (Å²) in [4.78, 5) is 19.6. The maximum Gasteiger partial charge on any atom is 0.410 e. The highest BCUT2D eigenvalue weighted by atomic mass is 32.1. The molecule has 0 radical (unpaired) electrons. The third kappa shape index (κ3) is 4.90. The molecule has 0 unspecified atom stereocenters. The second-order valence-electron chi connectivity index (χ2n) is 9.26. The van der Waals surface area contributed by atoms with Crippen LogP contribution in [-0.4, -0.2) is 34.7 Å². The molecule has 1 aliphatic heterocycles. The van der Waals surface area contributed by atoms with Gasteiger partial charge >= 0.3 is 6.09 Å². The number of ether oxygens (including phenoxy) is 2. The summed E-state index contributed by atoms with van der Waals surface area (Å²) in [5.74, 6) is 0.865. The number of rotatable bonds is 6. The van der Waals surface area contributed by atoms with Crippen LogP contribution < -0.4 is 4.74 Å². The normalized spacial score (nSPS) is 16.5. The van der Waals surface area contributed by atoms with E-state index in [1.807, 2.05) is 31.7 Å². The summed E-state index contributed by atoms with van der Waals surface area (Å²) in [6.45, 7) is 9.26. The minimum atomic E-state index is -0.508. The highest BCUT2D eigenvalue weighted by Gasteiger charge is 2.35. The van der Waals surface area contributed by atoms with Crippen LogP contribution in [0, 0.1) is 0 Å². The van der Waals surface area contributed by atoms with E-state index in [0.29, 0.717) is 13.2 Å². The second-order valence-corrected chi connectivity index (χ2v) is 10.2. The van der Waals surface area contributed by atoms with Crippen molar-refractivity contribution in [3.63, 3.8) is 0 Å². The average molecular weight is 453 g/mol. The van der Waals surface area contributed by atoms with E-state index >= 15 is 0 Å². The Morgan fingerprint density at radius 3 is 2.81 bits per heavy atom. The quantitative estimate of drug-likeness (QED) is 0.371. The summed E-state index contributed by atoms with van der Waals surface area (Å²) in [5.41, 5.74) is 1.43. The van der Waals surface area contributed by atoms with Gasteiger partial charge in [-0.05, 0) is 56.9 Å². The number of likely N-dealkylation sites (tertiary alicyclic amines) is 1. The topological polar surface area (TPSA) is 51.7 Å².